The first-order valence-electron chi connectivity index (χ1n) is 10.5. The Morgan fingerprint density at radius 3 is 2.15 bits per heavy atom. The second kappa shape index (κ2) is 7.74. The van der Waals surface area contributed by atoms with Gasteiger partial charge in [0, 0.05) is 11.5 Å². The predicted molar refractivity (Wildman–Crippen MR) is 121 cm³/mol. The van der Waals surface area contributed by atoms with Gasteiger partial charge in [0.15, 0.2) is 15.4 Å². The number of nitrogens with one attached hydrogen (secondary N) is 1. The number of hydrogen-bond donors (Lipinski definition) is 2. The fourth-order valence-corrected chi connectivity index (χ4v) is 6.49. The molecule has 5 rings (SSSR count). The van der Waals surface area contributed by atoms with E-state index in [1.54, 1.807) is 6.07 Å². The maximum absolute atomic E-state index is 12.8. The Hall–Kier alpha value is -3.65. The van der Waals surface area contributed by atoms with Crippen molar-refractivity contribution in [1.82, 2.24) is 5.32 Å². The van der Waals surface area contributed by atoms with E-state index in [4.69, 9.17) is 4.74 Å². The van der Waals surface area contributed by atoms with Gasteiger partial charge < -0.3 is 15.2 Å². The summed E-state index contributed by atoms with van der Waals surface area (Å²) < 4.78 is 30.5. The highest BCUT2D eigenvalue weighted by Gasteiger charge is 2.49. The molecular formula is C25H21NO6S. The molecule has 2 aliphatic rings. The van der Waals surface area contributed by atoms with Crippen molar-refractivity contribution in [3.05, 3.63) is 89.5 Å². The molecule has 3 aromatic rings. The van der Waals surface area contributed by atoms with Gasteiger partial charge in [-0.2, -0.15) is 0 Å². The molecule has 8 heteroatoms. The summed E-state index contributed by atoms with van der Waals surface area (Å²) in [4.78, 5) is 25.0. The van der Waals surface area contributed by atoms with Gasteiger partial charge in [-0.1, -0.05) is 66.7 Å². The number of sulfone groups is 1. The van der Waals surface area contributed by atoms with E-state index >= 15 is 0 Å². The lowest BCUT2D eigenvalue weighted by Gasteiger charge is -2.35. The van der Waals surface area contributed by atoms with Crippen LogP contribution in [-0.4, -0.2) is 37.9 Å². The Kier molecular flexibility index (Phi) is 4.97. The first-order chi connectivity index (χ1) is 15.8. The number of amides is 1. The van der Waals surface area contributed by atoms with Crippen LogP contribution in [0, 0.1) is 0 Å². The van der Waals surface area contributed by atoms with Gasteiger partial charge in [-0.15, -0.1) is 0 Å². The van der Waals surface area contributed by atoms with Gasteiger partial charge in [0.2, 0.25) is 0 Å². The lowest BCUT2D eigenvalue weighted by molar-refractivity contribution is -0.145. The highest BCUT2D eigenvalue weighted by Crippen LogP contribution is 2.44. The van der Waals surface area contributed by atoms with E-state index in [0.29, 0.717) is 0 Å². The van der Waals surface area contributed by atoms with Crippen LogP contribution in [0.2, 0.25) is 0 Å². The van der Waals surface area contributed by atoms with Crippen molar-refractivity contribution < 1.29 is 27.9 Å². The van der Waals surface area contributed by atoms with Gasteiger partial charge in [-0.05, 0) is 34.7 Å². The molecule has 0 bridgehead atoms. The molecule has 1 unspecified atom stereocenters. The monoisotopic (exact) mass is 463 g/mol. The number of carbonyl (C=O) groups is 2. The number of hydrogen-bond acceptors (Lipinski definition) is 5. The third kappa shape index (κ3) is 3.38. The van der Waals surface area contributed by atoms with Crippen molar-refractivity contribution in [2.75, 3.05) is 12.4 Å². The van der Waals surface area contributed by atoms with Gasteiger partial charge in [-0.25, -0.2) is 18.0 Å². The predicted octanol–water partition coefficient (Wildman–Crippen LogP) is 3.68. The molecule has 1 aliphatic heterocycles. The number of carboxylic acid groups (broad SMARTS) is 1. The van der Waals surface area contributed by atoms with Crippen LogP contribution in [0.4, 0.5) is 4.79 Å². The third-order valence-electron chi connectivity index (χ3n) is 6.45. The molecule has 0 spiro atoms. The van der Waals surface area contributed by atoms with Gasteiger partial charge in [-0.3, -0.25) is 0 Å². The maximum atomic E-state index is 12.8. The van der Waals surface area contributed by atoms with Crippen LogP contribution in [0.15, 0.2) is 77.7 Å². The molecule has 2 N–H and O–H groups in total. The van der Waals surface area contributed by atoms with Crippen molar-refractivity contribution >= 4 is 21.9 Å². The van der Waals surface area contributed by atoms with E-state index in [0.717, 1.165) is 22.3 Å². The van der Waals surface area contributed by atoms with Crippen molar-refractivity contribution in [1.29, 1.82) is 0 Å². The molecule has 1 heterocycles. The molecule has 0 fully saturated rings. The summed E-state index contributed by atoms with van der Waals surface area (Å²) in [6, 6.07) is 21.6. The lowest BCUT2D eigenvalue weighted by Crippen LogP contribution is -2.55. The molecule has 7 nitrogen and oxygen atoms in total. The molecule has 0 radical (unpaired) electrons. The lowest BCUT2D eigenvalue weighted by atomic mass is 9.87. The average Bonchev–Trinajstić information content (AvgIpc) is 3.13. The van der Waals surface area contributed by atoms with Crippen LogP contribution < -0.4 is 5.32 Å². The van der Waals surface area contributed by atoms with Crippen LogP contribution in [0.3, 0.4) is 0 Å². The van der Waals surface area contributed by atoms with E-state index in [2.05, 4.69) is 5.32 Å². The number of fused-ring (bicyclic) bond motifs is 4. The first kappa shape index (κ1) is 21.2. The fourth-order valence-electron chi connectivity index (χ4n) is 4.84. The molecule has 1 atom stereocenters. The van der Waals surface area contributed by atoms with E-state index in [9.17, 15) is 23.1 Å². The van der Waals surface area contributed by atoms with Crippen molar-refractivity contribution in [3.8, 4) is 11.1 Å². The van der Waals surface area contributed by atoms with Gasteiger partial charge in [0.1, 0.15) is 6.61 Å². The summed E-state index contributed by atoms with van der Waals surface area (Å²) in [7, 11) is -3.63. The largest absolute Gasteiger partial charge is 0.479 e. The first-order valence-corrected chi connectivity index (χ1v) is 12.2. The zero-order chi connectivity index (χ0) is 23.2. The number of carboxylic acids is 1. The molecule has 1 amide bonds. The number of alkyl carbamates (subject to hydrolysis) is 1. The van der Waals surface area contributed by atoms with Crippen molar-refractivity contribution in [3.63, 3.8) is 0 Å². The second-order valence-electron chi connectivity index (χ2n) is 8.23. The summed E-state index contributed by atoms with van der Waals surface area (Å²) in [5.74, 6) is -1.90. The minimum Gasteiger partial charge on any atom is -0.479 e. The zero-order valence-electron chi connectivity index (χ0n) is 17.5. The smallest absolute Gasteiger partial charge is 0.408 e. The third-order valence-corrected chi connectivity index (χ3v) is 8.22. The Morgan fingerprint density at radius 2 is 1.52 bits per heavy atom. The molecule has 168 valence electrons. The average molecular weight is 464 g/mol. The van der Waals surface area contributed by atoms with Crippen LogP contribution in [0.25, 0.3) is 11.1 Å². The quantitative estimate of drug-likeness (QED) is 0.611. The van der Waals surface area contributed by atoms with Crippen LogP contribution in [0.5, 0.6) is 0 Å². The van der Waals surface area contributed by atoms with Crippen LogP contribution in [-0.2, 0) is 24.9 Å². The normalized spacial score (nSPS) is 20.2. The number of aliphatic carboxylic acids is 1. The van der Waals surface area contributed by atoms with E-state index < -0.39 is 27.4 Å². The standard InChI is InChI=1S/C25H21NO6S/c27-23(28)25(13-14-33(30,31)22-12-6-5-11-21(22)25)26-24(29)32-15-20-18-9-3-1-7-16(18)17-8-2-4-10-19(17)20/h1-12,20H,13-15H2,(H,26,29)(H,27,28). The number of ether oxygens (including phenoxy) is 1. The Bertz CT molecular complexity index is 1340. The SMILES string of the molecule is O=C(NC1(C(=O)O)CCS(=O)(=O)c2ccccc21)OCC1c2ccccc2-c2ccccc21. The summed E-state index contributed by atoms with van der Waals surface area (Å²) >= 11 is 0. The molecule has 33 heavy (non-hydrogen) atoms. The summed E-state index contributed by atoms with van der Waals surface area (Å²) in [6.45, 7) is 0.0233. The second-order valence-corrected chi connectivity index (χ2v) is 10.3. The molecule has 1 aliphatic carbocycles. The van der Waals surface area contributed by atoms with E-state index in [1.165, 1.54) is 18.2 Å². The Balaban J connectivity index is 1.41. The zero-order valence-corrected chi connectivity index (χ0v) is 18.3. The van der Waals surface area contributed by atoms with Crippen molar-refractivity contribution in [2.24, 2.45) is 0 Å². The van der Waals surface area contributed by atoms with Crippen LogP contribution in [0.1, 0.15) is 29.0 Å². The van der Waals surface area contributed by atoms with E-state index in [-0.39, 0.29) is 35.2 Å². The molecular weight excluding hydrogens is 442 g/mol. The van der Waals surface area contributed by atoms with E-state index in [1.807, 2.05) is 48.5 Å². The van der Waals surface area contributed by atoms with Gasteiger partial charge in [0.05, 0.1) is 10.6 Å². The Morgan fingerprint density at radius 1 is 0.939 bits per heavy atom. The van der Waals surface area contributed by atoms with Gasteiger partial charge in [0.25, 0.3) is 0 Å². The molecule has 0 saturated heterocycles. The summed E-state index contributed by atoms with van der Waals surface area (Å²) in [5, 5.41) is 12.5. The minimum atomic E-state index is -3.63. The Labute approximate surface area is 190 Å². The number of rotatable bonds is 4. The fraction of sp³-hybridized carbons (Fsp3) is 0.200. The van der Waals surface area contributed by atoms with Crippen molar-refractivity contribution in [2.45, 2.75) is 22.8 Å². The topological polar surface area (TPSA) is 110 Å². The number of carbonyl (C=O) groups excluding carboxylic acids is 1. The summed E-state index contributed by atoms with van der Waals surface area (Å²) in [6.07, 6.45) is -1.19. The molecule has 0 saturated carbocycles. The maximum Gasteiger partial charge on any atom is 0.408 e. The van der Waals surface area contributed by atoms with Gasteiger partial charge >= 0.3 is 12.1 Å². The summed E-state index contributed by atoms with van der Waals surface area (Å²) in [5.41, 5.74) is 2.38. The molecule has 0 aromatic heterocycles. The molecule has 3 aromatic carbocycles. The number of benzene rings is 3. The van der Waals surface area contributed by atoms with Crippen LogP contribution >= 0.6 is 0 Å². The minimum absolute atomic E-state index is 0.0233. The highest BCUT2D eigenvalue weighted by atomic mass is 32.2. The highest BCUT2D eigenvalue weighted by molar-refractivity contribution is 7.91.